The molecule has 0 bridgehead atoms. The Labute approximate surface area is 182 Å². The predicted molar refractivity (Wildman–Crippen MR) is 128 cm³/mol. The van der Waals surface area contributed by atoms with E-state index in [-0.39, 0.29) is 0 Å². The second-order valence-corrected chi connectivity index (χ2v) is 8.58. The molecule has 0 saturated carbocycles. The average molecular weight is 427 g/mol. The van der Waals surface area contributed by atoms with Gasteiger partial charge in [-0.1, -0.05) is 48.5 Å². The molecule has 0 aliphatic carbocycles. The van der Waals surface area contributed by atoms with Crippen LogP contribution in [-0.2, 0) is 0 Å². The van der Waals surface area contributed by atoms with Crippen LogP contribution in [-0.4, -0.2) is 9.97 Å². The van der Waals surface area contributed by atoms with E-state index in [1.807, 2.05) is 60.7 Å². The van der Waals surface area contributed by atoms with Crippen LogP contribution in [0.3, 0.4) is 0 Å². The number of rotatable bonds is 4. The van der Waals surface area contributed by atoms with Crippen molar-refractivity contribution in [3.63, 3.8) is 0 Å². The first-order chi connectivity index (χ1) is 14.7. The van der Waals surface area contributed by atoms with E-state index in [2.05, 4.69) is 22.9 Å². The highest BCUT2D eigenvalue weighted by Crippen LogP contribution is 2.38. The Hall–Kier alpha value is -3.48. The van der Waals surface area contributed by atoms with Crippen LogP contribution >= 0.6 is 22.7 Å². The molecular formula is C24H18N4S2. The highest BCUT2D eigenvalue weighted by Gasteiger charge is 2.15. The molecule has 0 aliphatic rings. The molecule has 0 saturated heterocycles. The van der Waals surface area contributed by atoms with Crippen LogP contribution < -0.4 is 11.5 Å². The molecule has 0 unspecified atom stereocenters. The molecule has 3 aromatic carbocycles. The summed E-state index contributed by atoms with van der Waals surface area (Å²) in [6.07, 6.45) is 0. The summed E-state index contributed by atoms with van der Waals surface area (Å²) in [6.45, 7) is 0. The molecule has 5 aromatic rings. The van der Waals surface area contributed by atoms with E-state index in [9.17, 15) is 0 Å². The van der Waals surface area contributed by atoms with Gasteiger partial charge in [0.15, 0.2) is 0 Å². The van der Waals surface area contributed by atoms with E-state index in [1.54, 1.807) is 22.7 Å². The smallest absolute Gasteiger partial charge is 0.124 e. The van der Waals surface area contributed by atoms with Crippen molar-refractivity contribution >= 4 is 34.0 Å². The van der Waals surface area contributed by atoms with Gasteiger partial charge in [-0.05, 0) is 24.3 Å². The Morgan fingerprint density at radius 2 is 0.933 bits per heavy atom. The minimum atomic E-state index is 0.750. The van der Waals surface area contributed by atoms with Crippen LogP contribution in [0.4, 0.5) is 11.4 Å². The van der Waals surface area contributed by atoms with Crippen LogP contribution in [0.15, 0.2) is 83.6 Å². The van der Waals surface area contributed by atoms with E-state index in [1.165, 1.54) is 0 Å². The quantitative estimate of drug-likeness (QED) is 0.325. The molecule has 5 rings (SSSR count). The van der Waals surface area contributed by atoms with Gasteiger partial charge in [0.2, 0.25) is 0 Å². The Morgan fingerprint density at radius 3 is 1.33 bits per heavy atom. The number of thiazole rings is 2. The summed E-state index contributed by atoms with van der Waals surface area (Å²) in [5, 5.41) is 6.11. The first-order valence-electron chi connectivity index (χ1n) is 9.40. The van der Waals surface area contributed by atoms with E-state index in [4.69, 9.17) is 21.4 Å². The van der Waals surface area contributed by atoms with Crippen molar-refractivity contribution in [2.75, 3.05) is 11.5 Å². The largest absolute Gasteiger partial charge is 0.399 e. The summed E-state index contributed by atoms with van der Waals surface area (Å²) in [7, 11) is 0. The highest BCUT2D eigenvalue weighted by atomic mass is 32.1. The Balaban J connectivity index is 1.51. The molecular weight excluding hydrogens is 408 g/mol. The number of nitrogens with zero attached hydrogens (tertiary/aromatic N) is 2. The molecule has 30 heavy (non-hydrogen) atoms. The van der Waals surface area contributed by atoms with Crippen LogP contribution in [0.25, 0.3) is 43.7 Å². The molecule has 0 aliphatic heterocycles. The van der Waals surface area contributed by atoms with Gasteiger partial charge in [-0.2, -0.15) is 0 Å². The maximum absolute atomic E-state index is 5.81. The van der Waals surface area contributed by atoms with Gasteiger partial charge in [-0.15, -0.1) is 22.7 Å². The molecule has 6 heteroatoms. The Bertz CT molecular complexity index is 1200. The van der Waals surface area contributed by atoms with Gasteiger partial charge in [0.1, 0.15) is 10.0 Å². The summed E-state index contributed by atoms with van der Waals surface area (Å²) in [4.78, 5) is 9.76. The number of hydrogen-bond acceptors (Lipinski definition) is 6. The number of benzene rings is 3. The van der Waals surface area contributed by atoms with Crippen molar-refractivity contribution in [1.82, 2.24) is 9.97 Å². The molecule has 2 heterocycles. The van der Waals surface area contributed by atoms with Gasteiger partial charge in [0, 0.05) is 44.4 Å². The first-order valence-corrected chi connectivity index (χ1v) is 11.2. The van der Waals surface area contributed by atoms with Gasteiger partial charge in [-0.3, -0.25) is 0 Å². The molecule has 4 nitrogen and oxygen atoms in total. The zero-order valence-electron chi connectivity index (χ0n) is 15.9. The van der Waals surface area contributed by atoms with Crippen molar-refractivity contribution in [2.24, 2.45) is 0 Å². The molecule has 0 atom stereocenters. The van der Waals surface area contributed by atoms with Gasteiger partial charge in [0.05, 0.1) is 11.4 Å². The van der Waals surface area contributed by atoms with E-state index in [0.717, 1.165) is 55.0 Å². The molecule has 0 radical (unpaired) electrons. The van der Waals surface area contributed by atoms with Crippen molar-refractivity contribution in [2.45, 2.75) is 0 Å². The number of nitrogen functional groups attached to an aromatic ring is 2. The van der Waals surface area contributed by atoms with Gasteiger partial charge in [-0.25, -0.2) is 9.97 Å². The van der Waals surface area contributed by atoms with E-state index >= 15 is 0 Å². The molecule has 0 amide bonds. The zero-order valence-corrected chi connectivity index (χ0v) is 17.6. The second kappa shape index (κ2) is 7.74. The molecule has 4 N–H and O–H groups in total. The van der Waals surface area contributed by atoms with E-state index < -0.39 is 0 Å². The predicted octanol–water partition coefficient (Wildman–Crippen LogP) is 6.43. The third-order valence-electron chi connectivity index (χ3n) is 4.81. The minimum absolute atomic E-state index is 0.750. The first kappa shape index (κ1) is 18.5. The maximum atomic E-state index is 5.81. The molecule has 146 valence electrons. The molecule has 2 aromatic heterocycles. The van der Waals surface area contributed by atoms with Crippen LogP contribution in [0, 0.1) is 0 Å². The third kappa shape index (κ3) is 3.58. The Kier molecular flexibility index (Phi) is 4.78. The standard InChI is InChI=1S/C24H18N4S2/c25-17-9-5-15(6-10-17)21-13-29-23(27-21)19-3-1-2-4-20(19)24-28-22(14-30-24)16-7-11-18(26)12-8-16/h1-14H,25-26H2. The fourth-order valence-corrected chi connectivity index (χ4v) is 4.96. The fourth-order valence-electron chi connectivity index (χ4n) is 3.22. The summed E-state index contributed by atoms with van der Waals surface area (Å²) < 4.78 is 0. The normalized spacial score (nSPS) is 10.9. The highest BCUT2D eigenvalue weighted by molar-refractivity contribution is 7.14. The summed E-state index contributed by atoms with van der Waals surface area (Å²) in [6, 6.07) is 23.9. The van der Waals surface area contributed by atoms with Gasteiger partial charge in [0.25, 0.3) is 0 Å². The number of anilines is 2. The van der Waals surface area contributed by atoms with Crippen LogP contribution in [0.5, 0.6) is 0 Å². The zero-order chi connectivity index (χ0) is 20.5. The number of hydrogen-bond donors (Lipinski definition) is 2. The summed E-state index contributed by atoms with van der Waals surface area (Å²) in [5.74, 6) is 0. The maximum Gasteiger partial charge on any atom is 0.124 e. The van der Waals surface area contributed by atoms with Crippen molar-refractivity contribution in [3.05, 3.63) is 83.6 Å². The monoisotopic (exact) mass is 426 g/mol. The van der Waals surface area contributed by atoms with Crippen LogP contribution in [0.1, 0.15) is 0 Å². The van der Waals surface area contributed by atoms with Gasteiger partial charge >= 0.3 is 0 Å². The number of nitrogens with two attached hydrogens (primary N) is 2. The lowest BCUT2D eigenvalue weighted by molar-refractivity contribution is 1.38. The second-order valence-electron chi connectivity index (χ2n) is 6.87. The molecule has 0 fully saturated rings. The van der Waals surface area contributed by atoms with E-state index in [0.29, 0.717) is 0 Å². The van der Waals surface area contributed by atoms with Crippen molar-refractivity contribution in [3.8, 4) is 43.7 Å². The Morgan fingerprint density at radius 1 is 0.533 bits per heavy atom. The number of aromatic nitrogens is 2. The lowest BCUT2D eigenvalue weighted by atomic mass is 10.1. The van der Waals surface area contributed by atoms with Crippen molar-refractivity contribution < 1.29 is 0 Å². The lowest BCUT2D eigenvalue weighted by Gasteiger charge is -2.04. The average Bonchev–Trinajstić information content (AvgIpc) is 3.45. The summed E-state index contributed by atoms with van der Waals surface area (Å²) in [5.41, 5.74) is 19.3. The third-order valence-corrected chi connectivity index (χ3v) is 6.56. The molecule has 0 spiro atoms. The summed E-state index contributed by atoms with van der Waals surface area (Å²) >= 11 is 3.27. The van der Waals surface area contributed by atoms with Crippen molar-refractivity contribution in [1.29, 1.82) is 0 Å². The van der Waals surface area contributed by atoms with Gasteiger partial charge < -0.3 is 11.5 Å². The lowest BCUT2D eigenvalue weighted by Crippen LogP contribution is -1.87. The SMILES string of the molecule is Nc1ccc(-c2csc(-c3ccccc3-c3nc(-c4ccc(N)cc4)cs3)n2)cc1. The fraction of sp³-hybridized carbons (Fsp3) is 0. The minimum Gasteiger partial charge on any atom is -0.399 e. The topological polar surface area (TPSA) is 77.8 Å². The van der Waals surface area contributed by atoms with Crippen LogP contribution in [0.2, 0.25) is 0 Å².